The molecule has 1 aromatic rings. The molecule has 3 rings (SSSR count). The quantitative estimate of drug-likeness (QED) is 0.765. The van der Waals surface area contributed by atoms with E-state index in [0.29, 0.717) is 10.9 Å². The second-order valence-electron chi connectivity index (χ2n) is 9.50. The highest BCUT2D eigenvalue weighted by Gasteiger charge is 2.54. The van der Waals surface area contributed by atoms with Gasteiger partial charge in [0.1, 0.15) is 28.5 Å². The van der Waals surface area contributed by atoms with Gasteiger partial charge in [-0.3, -0.25) is 4.90 Å². The van der Waals surface area contributed by atoms with Crippen LogP contribution in [0.2, 0.25) is 0 Å². The topological polar surface area (TPSA) is 71.9 Å². The van der Waals surface area contributed by atoms with Crippen LogP contribution in [0.3, 0.4) is 0 Å². The van der Waals surface area contributed by atoms with Crippen molar-refractivity contribution in [3.05, 3.63) is 16.6 Å². The molecule has 2 heterocycles. The Morgan fingerprint density at radius 1 is 1.39 bits per heavy atom. The zero-order valence-corrected chi connectivity index (χ0v) is 18.5. The fourth-order valence-electron chi connectivity index (χ4n) is 4.48. The van der Waals surface area contributed by atoms with E-state index in [9.17, 15) is 9.90 Å². The number of carbonyl (C=O) groups is 1. The van der Waals surface area contributed by atoms with Crippen LogP contribution in [-0.4, -0.2) is 44.6 Å². The number of aliphatic hydroxyl groups excluding tert-OH is 1. The molecule has 0 aromatic carbocycles. The van der Waals surface area contributed by atoms with Crippen molar-refractivity contribution in [2.24, 2.45) is 5.92 Å². The van der Waals surface area contributed by atoms with E-state index in [1.165, 1.54) is 43.4 Å². The summed E-state index contributed by atoms with van der Waals surface area (Å²) in [6, 6.07) is -0.244. The molecule has 7 heteroatoms. The molecule has 2 aliphatic rings. The molecule has 1 saturated heterocycles. The standard InChI is InChI=1S/C21H34N2O4S/c1-20(2,3)27-19(25)23-15(13-14-9-7-6-8-10-14)17(26-21(23,4)5)16(24)18-22-11-12-28-18/h11-12,14-17,24H,6-10,13H2,1-5H3/t15-,16+,17+/m0/s1. The highest BCUT2D eigenvalue weighted by Crippen LogP contribution is 2.43. The number of ether oxygens (including phenoxy) is 2. The minimum absolute atomic E-state index is 0.244. The highest BCUT2D eigenvalue weighted by atomic mass is 32.1. The first kappa shape index (κ1) is 21.5. The Hall–Kier alpha value is -1.18. The van der Waals surface area contributed by atoms with Crippen LogP contribution in [-0.2, 0) is 9.47 Å². The number of carbonyl (C=O) groups excluding carboxylic acids is 1. The maximum absolute atomic E-state index is 13.1. The van der Waals surface area contributed by atoms with E-state index in [0.717, 1.165) is 6.42 Å². The third-order valence-corrected chi connectivity index (χ3v) is 6.47. The van der Waals surface area contributed by atoms with Crippen molar-refractivity contribution >= 4 is 17.4 Å². The predicted molar refractivity (Wildman–Crippen MR) is 109 cm³/mol. The van der Waals surface area contributed by atoms with Gasteiger partial charge in [0, 0.05) is 11.6 Å². The molecule has 1 N–H and O–H groups in total. The molecule has 1 aliphatic carbocycles. The molecule has 0 spiro atoms. The van der Waals surface area contributed by atoms with Crippen molar-refractivity contribution in [2.75, 3.05) is 0 Å². The summed E-state index contributed by atoms with van der Waals surface area (Å²) < 4.78 is 12.0. The van der Waals surface area contributed by atoms with Gasteiger partial charge in [-0.25, -0.2) is 9.78 Å². The highest BCUT2D eigenvalue weighted by molar-refractivity contribution is 7.09. The predicted octanol–water partition coefficient (Wildman–Crippen LogP) is 4.89. The lowest BCUT2D eigenvalue weighted by Crippen LogP contribution is -2.51. The van der Waals surface area contributed by atoms with E-state index in [-0.39, 0.29) is 12.1 Å². The third kappa shape index (κ3) is 4.86. The molecule has 28 heavy (non-hydrogen) atoms. The number of thiazole rings is 1. The van der Waals surface area contributed by atoms with Gasteiger partial charge >= 0.3 is 6.09 Å². The van der Waals surface area contributed by atoms with Gasteiger partial charge in [0.05, 0.1) is 6.04 Å². The fraction of sp³-hybridized carbons (Fsp3) is 0.810. The minimum Gasteiger partial charge on any atom is -0.444 e. The molecule has 158 valence electrons. The van der Waals surface area contributed by atoms with E-state index in [4.69, 9.17) is 9.47 Å². The number of hydrogen-bond donors (Lipinski definition) is 1. The number of amides is 1. The van der Waals surface area contributed by atoms with Gasteiger partial charge in [-0.05, 0) is 47.0 Å². The Labute approximate surface area is 172 Å². The van der Waals surface area contributed by atoms with Crippen LogP contribution in [0, 0.1) is 5.92 Å². The largest absolute Gasteiger partial charge is 0.444 e. The van der Waals surface area contributed by atoms with Gasteiger partial charge < -0.3 is 14.6 Å². The van der Waals surface area contributed by atoms with Gasteiger partial charge in [0.2, 0.25) is 0 Å². The van der Waals surface area contributed by atoms with Crippen molar-refractivity contribution in [1.82, 2.24) is 9.88 Å². The summed E-state index contributed by atoms with van der Waals surface area (Å²) >= 11 is 1.41. The fourth-order valence-corrected chi connectivity index (χ4v) is 5.14. The summed E-state index contributed by atoms with van der Waals surface area (Å²) in [6.07, 6.45) is 6.81. The molecule has 6 nitrogen and oxygen atoms in total. The van der Waals surface area contributed by atoms with Crippen LogP contribution in [0.15, 0.2) is 11.6 Å². The van der Waals surface area contributed by atoms with Crippen molar-refractivity contribution < 1.29 is 19.4 Å². The minimum atomic E-state index is -0.861. The van der Waals surface area contributed by atoms with E-state index >= 15 is 0 Å². The summed E-state index contributed by atoms with van der Waals surface area (Å²) in [5.41, 5.74) is -1.45. The molecule has 1 aromatic heterocycles. The third-order valence-electron chi connectivity index (χ3n) is 5.62. The zero-order chi connectivity index (χ0) is 20.5. The first-order chi connectivity index (χ1) is 13.1. The van der Waals surface area contributed by atoms with Crippen LogP contribution in [0.4, 0.5) is 4.79 Å². The van der Waals surface area contributed by atoms with Crippen molar-refractivity contribution in [3.63, 3.8) is 0 Å². The summed E-state index contributed by atoms with van der Waals surface area (Å²) in [4.78, 5) is 19.1. The molecular formula is C21H34N2O4S. The van der Waals surface area contributed by atoms with Gasteiger partial charge in [0.15, 0.2) is 0 Å². The second-order valence-corrected chi connectivity index (χ2v) is 10.4. The van der Waals surface area contributed by atoms with Crippen LogP contribution >= 0.6 is 11.3 Å². The Bertz CT molecular complexity index is 650. The lowest BCUT2D eigenvalue weighted by atomic mass is 9.83. The van der Waals surface area contributed by atoms with E-state index in [2.05, 4.69) is 4.98 Å². The summed E-state index contributed by atoms with van der Waals surface area (Å²) in [5, 5.41) is 13.5. The number of nitrogens with zero attached hydrogens (tertiary/aromatic N) is 2. The maximum Gasteiger partial charge on any atom is 0.412 e. The average Bonchev–Trinajstić information content (AvgIpc) is 3.20. The first-order valence-electron chi connectivity index (χ1n) is 10.4. The molecule has 3 atom stereocenters. The van der Waals surface area contributed by atoms with E-state index in [1.54, 1.807) is 11.1 Å². The van der Waals surface area contributed by atoms with Gasteiger partial charge in [-0.15, -0.1) is 11.3 Å². The van der Waals surface area contributed by atoms with Gasteiger partial charge in [0.25, 0.3) is 0 Å². The van der Waals surface area contributed by atoms with Crippen LogP contribution in [0.25, 0.3) is 0 Å². The zero-order valence-electron chi connectivity index (χ0n) is 17.7. The van der Waals surface area contributed by atoms with Crippen molar-refractivity contribution in [1.29, 1.82) is 0 Å². The van der Waals surface area contributed by atoms with E-state index in [1.807, 2.05) is 40.0 Å². The SMILES string of the molecule is CC(C)(C)OC(=O)N1[C@@H](CC2CCCCC2)[C@H]([C@@H](O)c2nccs2)OC1(C)C. The average molecular weight is 411 g/mol. The maximum atomic E-state index is 13.1. The van der Waals surface area contributed by atoms with Crippen LogP contribution in [0.5, 0.6) is 0 Å². The summed E-state index contributed by atoms with van der Waals surface area (Å²) in [6.45, 7) is 9.35. The van der Waals surface area contributed by atoms with Crippen LogP contribution in [0.1, 0.15) is 84.3 Å². The molecule has 0 radical (unpaired) electrons. The van der Waals surface area contributed by atoms with Crippen LogP contribution < -0.4 is 0 Å². The normalized spacial score (nSPS) is 27.0. The molecular weight excluding hydrogens is 376 g/mol. The molecule has 1 saturated carbocycles. The van der Waals surface area contributed by atoms with Crippen molar-refractivity contribution in [3.8, 4) is 0 Å². The smallest absolute Gasteiger partial charge is 0.412 e. The molecule has 2 fully saturated rings. The summed E-state index contributed by atoms with van der Waals surface area (Å²) in [7, 11) is 0. The molecule has 0 bridgehead atoms. The second kappa shape index (κ2) is 8.28. The Balaban J connectivity index is 1.88. The first-order valence-corrected chi connectivity index (χ1v) is 11.2. The Kier molecular flexibility index (Phi) is 6.37. The van der Waals surface area contributed by atoms with Crippen molar-refractivity contribution in [2.45, 2.75) is 103 Å². The Morgan fingerprint density at radius 3 is 2.64 bits per heavy atom. The molecule has 1 amide bonds. The lowest BCUT2D eigenvalue weighted by Gasteiger charge is -2.37. The summed E-state index contributed by atoms with van der Waals surface area (Å²) in [5.74, 6) is 0.534. The molecule has 0 unspecified atom stereocenters. The van der Waals surface area contributed by atoms with Gasteiger partial charge in [-0.2, -0.15) is 0 Å². The van der Waals surface area contributed by atoms with Gasteiger partial charge in [-0.1, -0.05) is 32.1 Å². The Morgan fingerprint density at radius 2 is 2.07 bits per heavy atom. The number of aromatic nitrogens is 1. The molecule has 1 aliphatic heterocycles. The number of aliphatic hydroxyl groups is 1. The lowest BCUT2D eigenvalue weighted by molar-refractivity contribution is -0.104. The number of rotatable bonds is 4. The monoisotopic (exact) mass is 410 g/mol. The van der Waals surface area contributed by atoms with E-state index < -0.39 is 23.5 Å². The number of hydrogen-bond acceptors (Lipinski definition) is 6.